The second-order valence-electron chi connectivity index (χ2n) is 0.247. The van der Waals surface area contributed by atoms with Gasteiger partial charge in [0.25, 0.3) is 0 Å². The van der Waals surface area contributed by atoms with Crippen molar-refractivity contribution >= 4 is 67.4 Å². The van der Waals surface area contributed by atoms with Crippen molar-refractivity contribution in [2.75, 3.05) is 0 Å². The Balaban J connectivity index is 0. The van der Waals surface area contributed by atoms with E-state index in [9.17, 15) is 0 Å². The summed E-state index contributed by atoms with van der Waals surface area (Å²) in [5.41, 5.74) is 0. The Hall–Kier alpha value is 2.84. The molecule has 0 spiro atoms. The van der Waals surface area contributed by atoms with E-state index in [1.165, 1.54) is 0 Å². The average molecular weight is 442 g/mol. The SMILES string of the molecule is I[B-](I)I.[V]. The predicted molar refractivity (Wildman–Crippen MR) is 47.8 cm³/mol. The Morgan fingerprint density at radius 3 is 1.00 bits per heavy atom. The van der Waals surface area contributed by atoms with Gasteiger partial charge < -0.3 is 67.1 Å². The van der Waals surface area contributed by atoms with Crippen molar-refractivity contribution < 1.29 is 18.6 Å². The van der Waals surface area contributed by atoms with Crippen molar-refractivity contribution in [3.05, 3.63) is 0 Å². The van der Waals surface area contributed by atoms with Crippen molar-refractivity contribution in [3.8, 4) is 0 Å². The molecule has 0 unspecified atom stereocenters. The van der Waals surface area contributed by atoms with Crippen LogP contribution in [-0.2, 0) is 18.6 Å². The topological polar surface area (TPSA) is 0 Å². The van der Waals surface area contributed by atoms with E-state index in [2.05, 4.69) is 67.1 Å². The molecule has 5 heavy (non-hydrogen) atoms. The van der Waals surface area contributed by atoms with Crippen LogP contribution in [0.4, 0.5) is 0 Å². The smallest absolute Gasteiger partial charge is 0.0877 e. The van der Waals surface area contributed by atoms with Crippen LogP contribution in [0, 0.1) is 0 Å². The fraction of sp³-hybridized carbons (Fsp3) is 0. The summed E-state index contributed by atoms with van der Waals surface area (Å²) in [7, 11) is 0. The molecule has 30 valence electrons. The third kappa shape index (κ3) is 19.9. The standard InChI is InChI=1S/BI3.V/c2-1(3)4;/q-1;. The second kappa shape index (κ2) is 6.84. The van der Waals surface area contributed by atoms with E-state index in [4.69, 9.17) is 0 Å². The number of rotatable bonds is 0. The van der Waals surface area contributed by atoms with E-state index < -0.39 is 0 Å². The fourth-order valence-electron chi connectivity index (χ4n) is 0. The third-order valence-corrected chi connectivity index (χ3v) is 0. The van der Waals surface area contributed by atoms with E-state index >= 15 is 0 Å². The molecule has 0 heterocycles. The van der Waals surface area contributed by atoms with Gasteiger partial charge in [-0.2, -0.15) is 0 Å². The van der Waals surface area contributed by atoms with Gasteiger partial charge in [-0.15, -0.1) is 0 Å². The largest absolute Gasteiger partial charge is 0.363 e. The number of hydrogen-bond acceptors (Lipinski definition) is 0. The summed E-state index contributed by atoms with van der Waals surface area (Å²) < 4.78 is 0.743. The summed E-state index contributed by atoms with van der Waals surface area (Å²) in [6.07, 6.45) is 0. The Bertz CT molecular complexity index is 11.6. The summed E-state index contributed by atoms with van der Waals surface area (Å²) in [4.78, 5) is 0. The van der Waals surface area contributed by atoms with Gasteiger partial charge in [0, 0.05) is 18.6 Å². The van der Waals surface area contributed by atoms with Crippen molar-refractivity contribution in [2.45, 2.75) is 0 Å². The molecule has 0 aromatic rings. The quantitative estimate of drug-likeness (QED) is 0.399. The van der Waals surface area contributed by atoms with Crippen LogP contribution in [0.3, 0.4) is 0 Å². The molecule has 0 bridgehead atoms. The van der Waals surface area contributed by atoms with Gasteiger partial charge in [0.1, 0.15) is 0 Å². The van der Waals surface area contributed by atoms with Gasteiger partial charge in [-0.1, -0.05) is 0 Å². The Morgan fingerprint density at radius 2 is 1.00 bits per heavy atom. The van der Waals surface area contributed by atoms with Crippen LogP contribution in [0.25, 0.3) is 0 Å². The summed E-state index contributed by atoms with van der Waals surface area (Å²) in [6.45, 7) is 0. The van der Waals surface area contributed by atoms with E-state index in [1.54, 1.807) is 0 Å². The first kappa shape index (κ1) is 10.8. The molecule has 0 aliphatic heterocycles. The molecule has 0 aliphatic rings. The van der Waals surface area contributed by atoms with E-state index in [0.717, 1.165) is 0.282 Å². The van der Waals surface area contributed by atoms with Crippen LogP contribution >= 0.6 is 67.1 Å². The third-order valence-electron chi connectivity index (χ3n) is 0. The van der Waals surface area contributed by atoms with Gasteiger partial charge in [0.2, 0.25) is 0 Å². The molecule has 0 nitrogen and oxygen atoms in total. The Labute approximate surface area is 84.2 Å². The summed E-state index contributed by atoms with van der Waals surface area (Å²) in [5, 5.41) is 0. The Kier molecular flexibility index (Phi) is 14.7. The molecule has 0 aromatic heterocycles. The van der Waals surface area contributed by atoms with Gasteiger partial charge in [-0.25, -0.2) is 0 Å². The molecule has 5 heteroatoms. The van der Waals surface area contributed by atoms with Gasteiger partial charge in [-0.3, -0.25) is 0 Å². The zero-order valence-electron chi connectivity index (χ0n) is 2.16. The normalized spacial score (nSPS) is 7.20. The van der Waals surface area contributed by atoms with Crippen LogP contribution in [0.5, 0.6) is 0 Å². The van der Waals surface area contributed by atoms with Crippen molar-refractivity contribution in [2.24, 2.45) is 0 Å². The molecule has 0 saturated carbocycles. The molecule has 0 amide bonds. The van der Waals surface area contributed by atoms with Crippen molar-refractivity contribution in [1.29, 1.82) is 0 Å². The van der Waals surface area contributed by atoms with Crippen molar-refractivity contribution in [1.82, 2.24) is 0 Å². The second-order valence-corrected chi connectivity index (χ2v) is 11.1. The minimum Gasteiger partial charge on any atom is -0.363 e. The van der Waals surface area contributed by atoms with Crippen LogP contribution < -0.4 is 0 Å². The van der Waals surface area contributed by atoms with Gasteiger partial charge in [0.15, 0.2) is 0 Å². The average Bonchev–Trinajstić information content (AvgIpc) is 0.811. The fourth-order valence-corrected chi connectivity index (χ4v) is 0. The molecule has 0 saturated heterocycles. The molecule has 0 fully saturated rings. The molecular weight excluding hydrogens is 442 g/mol. The van der Waals surface area contributed by atoms with Gasteiger partial charge >= 0.3 is 0 Å². The van der Waals surface area contributed by atoms with Crippen molar-refractivity contribution in [3.63, 3.8) is 0 Å². The molecule has 0 N–H and O–H groups in total. The van der Waals surface area contributed by atoms with Crippen LogP contribution in [0.1, 0.15) is 0 Å². The first-order valence-corrected chi connectivity index (χ1v) is 4.39. The molecule has 2 radical (unpaired) electrons. The maximum Gasteiger partial charge on any atom is 0.0877 e. The number of hydrogen-bond donors (Lipinski definition) is 0. The predicted octanol–water partition coefficient (Wildman–Crippen LogP) is 2.27. The molecular formula is BI3V-. The van der Waals surface area contributed by atoms with Crippen LogP contribution in [0.15, 0.2) is 0 Å². The molecule has 0 aromatic carbocycles. The first-order chi connectivity index (χ1) is 1.73. The first-order valence-electron chi connectivity index (χ1n) is 0.655. The van der Waals surface area contributed by atoms with Crippen LogP contribution in [0.2, 0.25) is 0 Å². The summed E-state index contributed by atoms with van der Waals surface area (Å²) in [5.74, 6) is 0. The zero-order chi connectivity index (χ0) is 3.58. The van der Waals surface area contributed by atoms with E-state index in [0.29, 0.717) is 0 Å². The summed E-state index contributed by atoms with van der Waals surface area (Å²) >= 11 is 6.95. The maximum absolute atomic E-state index is 2.32. The van der Waals surface area contributed by atoms with E-state index in [1.807, 2.05) is 0 Å². The Morgan fingerprint density at radius 1 is 1.00 bits per heavy atom. The molecule has 0 atom stereocenters. The molecule has 0 aliphatic carbocycles. The molecule has 0 rings (SSSR count). The minimum absolute atomic E-state index is 0. The number of halogens is 3. The van der Waals surface area contributed by atoms with Gasteiger partial charge in [0.05, 0.1) is 0.282 Å². The zero-order valence-corrected chi connectivity index (χ0v) is 10.0. The van der Waals surface area contributed by atoms with Gasteiger partial charge in [-0.05, 0) is 0 Å². The minimum atomic E-state index is 0. The summed E-state index contributed by atoms with van der Waals surface area (Å²) in [6, 6.07) is 0. The monoisotopic (exact) mass is 443 g/mol. The maximum atomic E-state index is 2.32. The van der Waals surface area contributed by atoms with E-state index in [-0.39, 0.29) is 18.6 Å². The van der Waals surface area contributed by atoms with Crippen LogP contribution in [-0.4, -0.2) is 0.282 Å².